The van der Waals surface area contributed by atoms with E-state index in [9.17, 15) is 0 Å². The quantitative estimate of drug-likeness (QED) is 0.202. The van der Waals surface area contributed by atoms with Crippen LogP contribution in [-0.4, -0.2) is 52.0 Å². The van der Waals surface area contributed by atoms with Gasteiger partial charge in [0.05, 0.1) is 6.54 Å². The molecule has 5 nitrogen and oxygen atoms in total. The highest BCUT2D eigenvalue weighted by molar-refractivity contribution is 14.0. The summed E-state index contributed by atoms with van der Waals surface area (Å²) < 4.78 is 11.3. The lowest BCUT2D eigenvalue weighted by Crippen LogP contribution is -2.41. The third-order valence-corrected chi connectivity index (χ3v) is 5.81. The third kappa shape index (κ3) is 8.23. The van der Waals surface area contributed by atoms with E-state index in [1.54, 1.807) is 0 Å². The van der Waals surface area contributed by atoms with Crippen LogP contribution < -0.4 is 10.6 Å². The maximum atomic E-state index is 6.27. The Morgan fingerprint density at radius 2 is 2.07 bits per heavy atom. The van der Waals surface area contributed by atoms with E-state index in [4.69, 9.17) is 26.1 Å². The summed E-state index contributed by atoms with van der Waals surface area (Å²) in [6, 6.07) is 8.21. The van der Waals surface area contributed by atoms with E-state index in [0.717, 1.165) is 82.2 Å². The van der Waals surface area contributed by atoms with Gasteiger partial charge < -0.3 is 20.1 Å². The smallest absolute Gasteiger partial charge is 0.191 e. The summed E-state index contributed by atoms with van der Waals surface area (Å²) in [6.07, 6.45) is 5.60. The summed E-state index contributed by atoms with van der Waals surface area (Å²) in [5.74, 6) is 1.70. The number of hydrogen-bond donors (Lipinski definition) is 2. The summed E-state index contributed by atoms with van der Waals surface area (Å²) in [5.41, 5.74) is 1.25. The van der Waals surface area contributed by atoms with Crippen LogP contribution >= 0.6 is 35.6 Å². The van der Waals surface area contributed by atoms with Gasteiger partial charge in [-0.25, -0.2) is 0 Å². The summed E-state index contributed by atoms with van der Waals surface area (Å²) in [4.78, 5) is 4.93. The number of rotatable bonds is 10. The first-order valence-corrected chi connectivity index (χ1v) is 11.0. The van der Waals surface area contributed by atoms with Crippen LogP contribution in [0.5, 0.6) is 0 Å². The van der Waals surface area contributed by atoms with Crippen molar-refractivity contribution in [3.8, 4) is 0 Å². The molecule has 0 aromatic heterocycles. The van der Waals surface area contributed by atoms with Gasteiger partial charge in [0.15, 0.2) is 5.96 Å². The summed E-state index contributed by atoms with van der Waals surface area (Å²) in [7, 11) is 0. The standard InChI is InChI=1S/C22H34ClN3O2.HI/c1-2-24-21(25-11-4-12-28-16-18-7-8-18)26-17-22(9-13-27-14-10-22)19-5-3-6-20(23)15-19;/h3,5-6,15,18H,2,4,7-14,16-17H2,1H3,(H2,24,25,26);1H. The molecule has 1 aromatic rings. The molecule has 2 aliphatic rings. The second-order valence-corrected chi connectivity index (χ2v) is 8.33. The number of guanidine groups is 1. The molecule has 2 N–H and O–H groups in total. The van der Waals surface area contributed by atoms with Crippen molar-refractivity contribution in [2.45, 2.75) is 44.4 Å². The Kier molecular flexibility index (Phi) is 11.0. The van der Waals surface area contributed by atoms with Gasteiger partial charge in [-0.3, -0.25) is 4.99 Å². The molecule has 0 spiro atoms. The monoisotopic (exact) mass is 535 g/mol. The Balaban J connectivity index is 0.00000300. The topological polar surface area (TPSA) is 54.9 Å². The Morgan fingerprint density at radius 3 is 2.76 bits per heavy atom. The second kappa shape index (κ2) is 13.0. The third-order valence-electron chi connectivity index (χ3n) is 5.58. The molecule has 164 valence electrons. The van der Waals surface area contributed by atoms with Crippen LogP contribution in [0.4, 0.5) is 0 Å². The number of nitrogens with zero attached hydrogens (tertiary/aromatic N) is 1. The Morgan fingerprint density at radius 1 is 1.28 bits per heavy atom. The number of hydrogen-bond acceptors (Lipinski definition) is 3. The lowest BCUT2D eigenvalue weighted by Gasteiger charge is -2.36. The van der Waals surface area contributed by atoms with Gasteiger partial charge in [0.1, 0.15) is 0 Å². The van der Waals surface area contributed by atoms with Gasteiger partial charge in [-0.2, -0.15) is 0 Å². The van der Waals surface area contributed by atoms with Crippen LogP contribution in [0.3, 0.4) is 0 Å². The molecule has 0 radical (unpaired) electrons. The van der Waals surface area contributed by atoms with Crippen molar-refractivity contribution < 1.29 is 9.47 Å². The van der Waals surface area contributed by atoms with Gasteiger partial charge in [0, 0.05) is 50.0 Å². The number of halogens is 2. The Hall–Kier alpha value is -0.570. The van der Waals surface area contributed by atoms with Crippen molar-refractivity contribution in [3.63, 3.8) is 0 Å². The molecule has 2 fully saturated rings. The zero-order chi connectivity index (χ0) is 19.7. The molecule has 1 aliphatic carbocycles. The lowest BCUT2D eigenvalue weighted by atomic mass is 9.74. The molecule has 3 rings (SSSR count). The first-order valence-electron chi connectivity index (χ1n) is 10.7. The molecule has 29 heavy (non-hydrogen) atoms. The molecule has 0 atom stereocenters. The molecular weight excluding hydrogens is 501 g/mol. The van der Waals surface area contributed by atoms with E-state index < -0.39 is 0 Å². The van der Waals surface area contributed by atoms with Gasteiger partial charge in [0.2, 0.25) is 0 Å². The van der Waals surface area contributed by atoms with Crippen LogP contribution in [0.25, 0.3) is 0 Å². The largest absolute Gasteiger partial charge is 0.381 e. The number of benzene rings is 1. The molecule has 1 saturated heterocycles. The minimum absolute atomic E-state index is 0. The minimum atomic E-state index is -0.0150. The van der Waals surface area contributed by atoms with E-state index in [-0.39, 0.29) is 29.4 Å². The zero-order valence-corrected chi connectivity index (χ0v) is 20.5. The zero-order valence-electron chi connectivity index (χ0n) is 17.4. The SMILES string of the molecule is CCNC(=NCC1(c2cccc(Cl)c2)CCOCC1)NCCCOCC1CC1.I. The van der Waals surface area contributed by atoms with Crippen molar-refractivity contribution in [2.75, 3.05) is 46.1 Å². The molecule has 1 saturated carbocycles. The van der Waals surface area contributed by atoms with Crippen molar-refractivity contribution in [1.82, 2.24) is 10.6 Å². The van der Waals surface area contributed by atoms with Crippen LogP contribution in [0.15, 0.2) is 29.3 Å². The fourth-order valence-electron chi connectivity index (χ4n) is 3.61. The van der Waals surface area contributed by atoms with Gasteiger partial charge >= 0.3 is 0 Å². The predicted molar refractivity (Wildman–Crippen MR) is 131 cm³/mol. The molecule has 1 aliphatic heterocycles. The first-order chi connectivity index (χ1) is 13.7. The predicted octanol–water partition coefficient (Wildman–Crippen LogP) is 4.38. The van der Waals surface area contributed by atoms with Gasteiger partial charge in [-0.05, 0) is 62.6 Å². The average molecular weight is 536 g/mol. The summed E-state index contributed by atoms with van der Waals surface area (Å²) in [5, 5.41) is 7.59. The maximum Gasteiger partial charge on any atom is 0.191 e. The number of ether oxygens (including phenoxy) is 2. The second-order valence-electron chi connectivity index (χ2n) is 7.90. The van der Waals surface area contributed by atoms with Gasteiger partial charge in [-0.15, -0.1) is 24.0 Å². The van der Waals surface area contributed by atoms with E-state index in [2.05, 4.69) is 29.7 Å². The van der Waals surface area contributed by atoms with Crippen LogP contribution in [0.2, 0.25) is 5.02 Å². The summed E-state index contributed by atoms with van der Waals surface area (Å²) >= 11 is 6.27. The molecule has 7 heteroatoms. The minimum Gasteiger partial charge on any atom is -0.381 e. The molecule has 0 unspecified atom stereocenters. The van der Waals surface area contributed by atoms with Crippen molar-refractivity contribution in [1.29, 1.82) is 0 Å². The highest BCUT2D eigenvalue weighted by Gasteiger charge is 2.34. The molecule has 1 heterocycles. The maximum absolute atomic E-state index is 6.27. The lowest BCUT2D eigenvalue weighted by molar-refractivity contribution is 0.0531. The van der Waals surface area contributed by atoms with Crippen molar-refractivity contribution >= 4 is 41.5 Å². The molecular formula is C22H35ClIN3O2. The van der Waals surface area contributed by atoms with E-state index in [1.807, 2.05) is 12.1 Å². The van der Waals surface area contributed by atoms with E-state index in [0.29, 0.717) is 0 Å². The average Bonchev–Trinajstić information content (AvgIpc) is 3.54. The molecule has 0 bridgehead atoms. The van der Waals surface area contributed by atoms with Crippen molar-refractivity contribution in [2.24, 2.45) is 10.9 Å². The first kappa shape index (κ1) is 24.7. The Bertz CT molecular complexity index is 634. The van der Waals surface area contributed by atoms with E-state index in [1.165, 1.54) is 18.4 Å². The molecule has 0 amide bonds. The number of nitrogens with one attached hydrogen (secondary N) is 2. The number of aliphatic imine (C=N–C) groups is 1. The molecule has 1 aromatic carbocycles. The van der Waals surface area contributed by atoms with Crippen LogP contribution in [0.1, 0.15) is 44.6 Å². The van der Waals surface area contributed by atoms with Gasteiger partial charge in [0.25, 0.3) is 0 Å². The summed E-state index contributed by atoms with van der Waals surface area (Å²) in [6.45, 7) is 7.81. The fourth-order valence-corrected chi connectivity index (χ4v) is 3.80. The normalized spacial score (nSPS) is 18.8. The van der Waals surface area contributed by atoms with Crippen molar-refractivity contribution in [3.05, 3.63) is 34.9 Å². The van der Waals surface area contributed by atoms with Gasteiger partial charge in [-0.1, -0.05) is 23.7 Å². The van der Waals surface area contributed by atoms with E-state index >= 15 is 0 Å². The highest BCUT2D eigenvalue weighted by atomic mass is 127. The Labute approximate surface area is 197 Å². The van der Waals surface area contributed by atoms with Crippen LogP contribution in [0, 0.1) is 5.92 Å². The fraction of sp³-hybridized carbons (Fsp3) is 0.682. The van der Waals surface area contributed by atoms with Crippen LogP contribution in [-0.2, 0) is 14.9 Å². The highest BCUT2D eigenvalue weighted by Crippen LogP contribution is 2.36.